The van der Waals surface area contributed by atoms with Crippen molar-refractivity contribution in [1.82, 2.24) is 14.3 Å². The molecule has 0 fully saturated rings. The van der Waals surface area contributed by atoms with Crippen molar-refractivity contribution in [3.05, 3.63) is 83.1 Å². The van der Waals surface area contributed by atoms with E-state index in [9.17, 15) is 9.59 Å². The molecule has 152 valence electrons. The average molecular weight is 423 g/mol. The number of rotatable bonds is 6. The van der Waals surface area contributed by atoms with Crippen LogP contribution in [0, 0.1) is 0 Å². The first kappa shape index (κ1) is 19.7. The van der Waals surface area contributed by atoms with Gasteiger partial charge in [0.2, 0.25) is 5.91 Å². The van der Waals surface area contributed by atoms with Gasteiger partial charge in [-0.1, -0.05) is 41.9 Å². The van der Waals surface area contributed by atoms with Crippen LogP contribution in [0.4, 0.5) is 5.82 Å². The maximum atomic E-state index is 12.7. The summed E-state index contributed by atoms with van der Waals surface area (Å²) in [5.41, 5.74) is 2.17. The fourth-order valence-corrected chi connectivity index (χ4v) is 3.57. The van der Waals surface area contributed by atoms with Crippen LogP contribution in [0.15, 0.2) is 67.0 Å². The summed E-state index contributed by atoms with van der Waals surface area (Å²) >= 11 is 6.05. The summed E-state index contributed by atoms with van der Waals surface area (Å²) in [4.78, 5) is 24.8. The van der Waals surface area contributed by atoms with Crippen LogP contribution in [0.25, 0.3) is 10.9 Å². The molecule has 2 aromatic carbocycles. The van der Waals surface area contributed by atoms with E-state index in [1.165, 1.54) is 7.11 Å². The van der Waals surface area contributed by atoms with Crippen molar-refractivity contribution in [2.24, 2.45) is 0 Å². The quantitative estimate of drug-likeness (QED) is 0.477. The normalized spacial score (nSPS) is 10.9. The maximum absolute atomic E-state index is 12.7. The molecule has 0 aliphatic rings. The molecule has 1 amide bonds. The lowest BCUT2D eigenvalue weighted by molar-refractivity contribution is -0.116. The van der Waals surface area contributed by atoms with Crippen LogP contribution in [-0.4, -0.2) is 33.3 Å². The van der Waals surface area contributed by atoms with E-state index in [1.807, 2.05) is 42.5 Å². The zero-order valence-electron chi connectivity index (χ0n) is 16.2. The molecular formula is C22H19ClN4O3. The Hall–Kier alpha value is -3.58. The van der Waals surface area contributed by atoms with Crippen LogP contribution < -0.4 is 5.32 Å². The second kappa shape index (κ2) is 8.42. The van der Waals surface area contributed by atoms with E-state index in [0.29, 0.717) is 22.9 Å². The molecule has 0 saturated carbocycles. The van der Waals surface area contributed by atoms with Gasteiger partial charge in [-0.25, -0.2) is 9.48 Å². The minimum Gasteiger partial charge on any atom is -0.465 e. The van der Waals surface area contributed by atoms with Crippen molar-refractivity contribution in [2.45, 2.75) is 13.1 Å². The highest BCUT2D eigenvalue weighted by Gasteiger charge is 2.17. The van der Waals surface area contributed by atoms with Gasteiger partial charge in [-0.15, -0.1) is 0 Å². The number of anilines is 1. The molecule has 0 aliphatic heterocycles. The first-order valence-corrected chi connectivity index (χ1v) is 9.65. The van der Waals surface area contributed by atoms with E-state index >= 15 is 0 Å². The molecule has 0 radical (unpaired) electrons. The summed E-state index contributed by atoms with van der Waals surface area (Å²) in [6, 6.07) is 16.6. The number of fused-ring (bicyclic) bond motifs is 1. The Labute approximate surface area is 177 Å². The number of hydrogen-bond acceptors (Lipinski definition) is 4. The Balaban J connectivity index is 1.53. The van der Waals surface area contributed by atoms with Gasteiger partial charge < -0.3 is 14.6 Å². The number of nitrogens with one attached hydrogen (secondary N) is 1. The highest BCUT2D eigenvalue weighted by Crippen LogP contribution is 2.22. The van der Waals surface area contributed by atoms with Gasteiger partial charge in [0, 0.05) is 28.2 Å². The van der Waals surface area contributed by atoms with Gasteiger partial charge in [0.25, 0.3) is 0 Å². The van der Waals surface area contributed by atoms with E-state index in [-0.39, 0.29) is 12.5 Å². The van der Waals surface area contributed by atoms with Crippen LogP contribution in [0.3, 0.4) is 0 Å². The molecule has 4 aromatic rings. The first-order valence-electron chi connectivity index (χ1n) is 9.27. The number of ether oxygens (including phenoxy) is 1. The Morgan fingerprint density at radius 3 is 2.77 bits per heavy atom. The summed E-state index contributed by atoms with van der Waals surface area (Å²) in [6.45, 7) is 0.516. The molecule has 0 saturated heterocycles. The topological polar surface area (TPSA) is 78.2 Å². The average Bonchev–Trinajstić information content (AvgIpc) is 3.32. The number of para-hydroxylation sites is 1. The molecule has 2 heterocycles. The molecule has 0 bridgehead atoms. The van der Waals surface area contributed by atoms with Gasteiger partial charge in [-0.2, -0.15) is 5.10 Å². The number of aromatic nitrogens is 3. The van der Waals surface area contributed by atoms with Crippen LogP contribution in [0.5, 0.6) is 0 Å². The number of esters is 1. The highest BCUT2D eigenvalue weighted by atomic mass is 35.5. The van der Waals surface area contributed by atoms with E-state index in [4.69, 9.17) is 16.3 Å². The van der Waals surface area contributed by atoms with Gasteiger partial charge in [0.05, 0.1) is 25.4 Å². The van der Waals surface area contributed by atoms with E-state index in [0.717, 1.165) is 16.5 Å². The number of methoxy groups -OCH3 is 1. The van der Waals surface area contributed by atoms with Crippen LogP contribution >= 0.6 is 11.6 Å². The predicted molar refractivity (Wildman–Crippen MR) is 115 cm³/mol. The predicted octanol–water partition coefficient (Wildman–Crippen LogP) is 3.96. The second-order valence-electron chi connectivity index (χ2n) is 6.73. The van der Waals surface area contributed by atoms with E-state index < -0.39 is 5.97 Å². The Bertz CT molecular complexity index is 1230. The molecule has 2 aromatic heterocycles. The molecule has 8 heteroatoms. The lowest BCUT2D eigenvalue weighted by atomic mass is 10.2. The smallest absolute Gasteiger partial charge is 0.340 e. The van der Waals surface area contributed by atoms with E-state index in [2.05, 4.69) is 10.4 Å². The van der Waals surface area contributed by atoms with Crippen molar-refractivity contribution < 1.29 is 14.3 Å². The number of amides is 1. The Kier molecular flexibility index (Phi) is 5.54. The molecule has 0 unspecified atom stereocenters. The number of carbonyl (C=O) groups excluding carboxylic acids is 2. The highest BCUT2D eigenvalue weighted by molar-refractivity contribution is 6.30. The minimum absolute atomic E-state index is 0.0415. The third-order valence-electron chi connectivity index (χ3n) is 4.71. The van der Waals surface area contributed by atoms with Crippen molar-refractivity contribution in [3.63, 3.8) is 0 Å². The Morgan fingerprint density at radius 2 is 1.97 bits per heavy atom. The third kappa shape index (κ3) is 4.06. The number of hydrogen-bond donors (Lipinski definition) is 1. The second-order valence-corrected chi connectivity index (χ2v) is 7.17. The number of carbonyl (C=O) groups is 2. The van der Waals surface area contributed by atoms with Gasteiger partial charge in [0.15, 0.2) is 0 Å². The molecule has 4 rings (SSSR count). The molecule has 30 heavy (non-hydrogen) atoms. The minimum atomic E-state index is -0.440. The molecule has 0 atom stereocenters. The van der Waals surface area contributed by atoms with Crippen molar-refractivity contribution >= 4 is 40.2 Å². The van der Waals surface area contributed by atoms with Gasteiger partial charge in [-0.3, -0.25) is 4.79 Å². The summed E-state index contributed by atoms with van der Waals surface area (Å²) < 4.78 is 8.28. The van der Waals surface area contributed by atoms with Crippen LogP contribution in [-0.2, 0) is 22.6 Å². The van der Waals surface area contributed by atoms with Crippen molar-refractivity contribution in [2.75, 3.05) is 12.4 Å². The van der Waals surface area contributed by atoms with Crippen molar-refractivity contribution in [1.29, 1.82) is 0 Å². The lowest BCUT2D eigenvalue weighted by Crippen LogP contribution is -2.20. The SMILES string of the molecule is COC(=O)c1cn(CC(=O)Nc2ccnn2Cc2cccc(Cl)c2)c2ccccc12. The molecule has 0 spiro atoms. The fourth-order valence-electron chi connectivity index (χ4n) is 3.36. The fraction of sp³-hybridized carbons (Fsp3) is 0.136. The Morgan fingerprint density at radius 1 is 1.13 bits per heavy atom. The first-order chi connectivity index (χ1) is 14.5. The number of benzene rings is 2. The number of halogens is 1. The third-order valence-corrected chi connectivity index (χ3v) is 4.95. The van der Waals surface area contributed by atoms with Gasteiger partial charge in [0.1, 0.15) is 12.4 Å². The van der Waals surface area contributed by atoms with Crippen molar-refractivity contribution in [3.8, 4) is 0 Å². The molecule has 7 nitrogen and oxygen atoms in total. The van der Waals surface area contributed by atoms with Crippen LogP contribution in [0.2, 0.25) is 5.02 Å². The summed E-state index contributed by atoms with van der Waals surface area (Å²) in [5, 5.41) is 8.55. The summed E-state index contributed by atoms with van der Waals surface area (Å²) in [7, 11) is 1.34. The van der Waals surface area contributed by atoms with Crippen LogP contribution in [0.1, 0.15) is 15.9 Å². The molecule has 1 N–H and O–H groups in total. The monoisotopic (exact) mass is 422 g/mol. The zero-order valence-corrected chi connectivity index (χ0v) is 17.0. The standard InChI is InChI=1S/C22H19ClN4O3/c1-30-22(29)18-13-26(19-8-3-2-7-17(18)19)14-21(28)25-20-9-10-24-27(20)12-15-5-4-6-16(23)11-15/h2-11,13H,12,14H2,1H3,(H,25,28). The lowest BCUT2D eigenvalue weighted by Gasteiger charge is -2.10. The number of nitrogens with zero attached hydrogens (tertiary/aromatic N) is 3. The summed E-state index contributed by atoms with van der Waals surface area (Å²) in [5.74, 6) is -0.102. The maximum Gasteiger partial charge on any atom is 0.340 e. The largest absolute Gasteiger partial charge is 0.465 e. The van der Waals surface area contributed by atoms with Gasteiger partial charge in [-0.05, 0) is 23.8 Å². The zero-order chi connectivity index (χ0) is 21.1. The van der Waals surface area contributed by atoms with E-state index in [1.54, 1.807) is 33.8 Å². The summed E-state index contributed by atoms with van der Waals surface area (Å²) in [6.07, 6.45) is 3.26. The molecular weight excluding hydrogens is 404 g/mol. The molecule has 0 aliphatic carbocycles. The van der Waals surface area contributed by atoms with Gasteiger partial charge >= 0.3 is 5.97 Å².